The summed E-state index contributed by atoms with van der Waals surface area (Å²) in [6.07, 6.45) is 0. The SMILES string of the molecule is O[CH]COc1ccc(F)cc1. The maximum Gasteiger partial charge on any atom is 0.123 e. The van der Waals surface area contributed by atoms with Crippen LogP contribution in [-0.4, -0.2) is 11.7 Å². The number of aliphatic hydroxyl groups excluding tert-OH is 1. The molecule has 1 N–H and O–H groups in total. The first-order valence-electron chi connectivity index (χ1n) is 3.17. The molecule has 0 saturated heterocycles. The third kappa shape index (κ3) is 2.55. The van der Waals surface area contributed by atoms with Crippen molar-refractivity contribution in [1.29, 1.82) is 0 Å². The van der Waals surface area contributed by atoms with E-state index in [-0.39, 0.29) is 12.4 Å². The number of halogens is 1. The standard InChI is InChI=1S/C8H8FO2/c9-7-1-3-8(4-2-7)11-6-5-10/h1-5,10H,6H2. The van der Waals surface area contributed by atoms with Crippen molar-refractivity contribution in [1.82, 2.24) is 0 Å². The van der Waals surface area contributed by atoms with Crippen molar-refractivity contribution >= 4 is 0 Å². The minimum Gasteiger partial charge on any atom is -0.491 e. The molecule has 0 amide bonds. The fraction of sp³-hybridized carbons (Fsp3) is 0.125. The largest absolute Gasteiger partial charge is 0.491 e. The molecule has 0 aliphatic rings. The molecule has 1 radical (unpaired) electrons. The minimum atomic E-state index is -0.301. The van der Waals surface area contributed by atoms with E-state index in [0.29, 0.717) is 5.75 Å². The van der Waals surface area contributed by atoms with E-state index in [1.165, 1.54) is 24.3 Å². The van der Waals surface area contributed by atoms with Crippen LogP contribution in [0.15, 0.2) is 24.3 Å². The molecule has 1 aromatic rings. The van der Waals surface area contributed by atoms with E-state index in [1.54, 1.807) is 0 Å². The first-order valence-corrected chi connectivity index (χ1v) is 3.17. The Bertz CT molecular complexity index is 208. The van der Waals surface area contributed by atoms with E-state index in [4.69, 9.17) is 9.84 Å². The average Bonchev–Trinajstić information content (AvgIpc) is 2.04. The van der Waals surface area contributed by atoms with Crippen LogP contribution in [0.5, 0.6) is 5.75 Å². The number of hydrogen-bond acceptors (Lipinski definition) is 2. The number of aliphatic hydroxyl groups is 1. The molecule has 3 heteroatoms. The number of ether oxygens (including phenoxy) is 1. The normalized spacial score (nSPS) is 9.64. The highest BCUT2D eigenvalue weighted by Gasteiger charge is 1.92. The van der Waals surface area contributed by atoms with Gasteiger partial charge in [-0.15, -0.1) is 0 Å². The van der Waals surface area contributed by atoms with E-state index in [9.17, 15) is 4.39 Å². The summed E-state index contributed by atoms with van der Waals surface area (Å²) in [4.78, 5) is 0. The predicted molar refractivity (Wildman–Crippen MR) is 38.1 cm³/mol. The summed E-state index contributed by atoms with van der Waals surface area (Å²) in [6.45, 7) is 1.01. The summed E-state index contributed by atoms with van der Waals surface area (Å²) in [7, 11) is 0. The van der Waals surface area contributed by atoms with Crippen LogP contribution in [0.1, 0.15) is 0 Å². The highest BCUT2D eigenvalue weighted by Crippen LogP contribution is 2.10. The third-order valence-corrected chi connectivity index (χ3v) is 1.14. The summed E-state index contributed by atoms with van der Waals surface area (Å²) in [5.74, 6) is 0.238. The zero-order chi connectivity index (χ0) is 8.10. The lowest BCUT2D eigenvalue weighted by molar-refractivity contribution is 0.261. The zero-order valence-corrected chi connectivity index (χ0v) is 5.83. The van der Waals surface area contributed by atoms with Gasteiger partial charge in [0.25, 0.3) is 0 Å². The van der Waals surface area contributed by atoms with Gasteiger partial charge in [-0.3, -0.25) is 0 Å². The van der Waals surface area contributed by atoms with Gasteiger partial charge in [-0.1, -0.05) is 0 Å². The average molecular weight is 155 g/mol. The number of rotatable bonds is 3. The van der Waals surface area contributed by atoms with Gasteiger partial charge in [0.15, 0.2) is 0 Å². The van der Waals surface area contributed by atoms with Gasteiger partial charge in [-0.25, -0.2) is 4.39 Å². The molecular formula is C8H8FO2. The minimum absolute atomic E-state index is 0.117. The van der Waals surface area contributed by atoms with Gasteiger partial charge in [0.05, 0.1) is 0 Å². The van der Waals surface area contributed by atoms with Gasteiger partial charge in [0.2, 0.25) is 0 Å². The van der Waals surface area contributed by atoms with Crippen LogP contribution in [0.2, 0.25) is 0 Å². The number of hydrogen-bond donors (Lipinski definition) is 1. The Morgan fingerprint density at radius 3 is 2.55 bits per heavy atom. The summed E-state index contributed by atoms with van der Waals surface area (Å²) < 4.78 is 17.2. The Morgan fingerprint density at radius 2 is 2.00 bits per heavy atom. The van der Waals surface area contributed by atoms with Gasteiger partial charge < -0.3 is 9.84 Å². The monoisotopic (exact) mass is 155 g/mol. The van der Waals surface area contributed by atoms with Crippen LogP contribution in [0.4, 0.5) is 4.39 Å². The molecule has 0 fully saturated rings. The highest BCUT2D eigenvalue weighted by molar-refractivity contribution is 5.21. The molecule has 0 unspecified atom stereocenters. The van der Waals surface area contributed by atoms with Crippen molar-refractivity contribution in [2.75, 3.05) is 6.61 Å². The molecule has 1 rings (SSSR count). The molecule has 0 spiro atoms. The Labute approximate surface area is 64.2 Å². The smallest absolute Gasteiger partial charge is 0.123 e. The fourth-order valence-corrected chi connectivity index (χ4v) is 0.664. The van der Waals surface area contributed by atoms with Crippen molar-refractivity contribution in [2.24, 2.45) is 0 Å². The predicted octanol–water partition coefficient (Wildman–Crippen LogP) is 1.74. The van der Waals surface area contributed by atoms with Crippen LogP contribution >= 0.6 is 0 Å². The van der Waals surface area contributed by atoms with Crippen molar-refractivity contribution in [3.63, 3.8) is 0 Å². The van der Waals surface area contributed by atoms with Crippen molar-refractivity contribution in [3.05, 3.63) is 36.7 Å². The second-order valence-corrected chi connectivity index (χ2v) is 1.95. The second-order valence-electron chi connectivity index (χ2n) is 1.95. The first kappa shape index (κ1) is 8.01. The Balaban J connectivity index is 2.52. The molecule has 0 aliphatic carbocycles. The maximum atomic E-state index is 12.3. The summed E-state index contributed by atoms with van der Waals surface area (Å²) in [5, 5.41) is 8.26. The lowest BCUT2D eigenvalue weighted by atomic mass is 10.3. The zero-order valence-electron chi connectivity index (χ0n) is 5.83. The third-order valence-electron chi connectivity index (χ3n) is 1.14. The molecule has 2 nitrogen and oxygen atoms in total. The Hall–Kier alpha value is -1.09. The quantitative estimate of drug-likeness (QED) is 0.720. The van der Waals surface area contributed by atoms with Gasteiger partial charge in [0, 0.05) is 0 Å². The fourth-order valence-electron chi connectivity index (χ4n) is 0.664. The van der Waals surface area contributed by atoms with Crippen LogP contribution in [0, 0.1) is 12.4 Å². The van der Waals surface area contributed by atoms with Gasteiger partial charge in [0.1, 0.15) is 24.8 Å². The molecule has 0 atom stereocenters. The van der Waals surface area contributed by atoms with E-state index in [2.05, 4.69) is 0 Å². The molecular weight excluding hydrogens is 147 g/mol. The molecule has 1 aromatic carbocycles. The molecule has 0 aliphatic heterocycles. The Morgan fingerprint density at radius 1 is 1.36 bits per heavy atom. The molecule has 0 aromatic heterocycles. The lowest BCUT2D eigenvalue weighted by Crippen LogP contribution is -1.96. The molecule has 11 heavy (non-hydrogen) atoms. The van der Waals surface area contributed by atoms with E-state index in [0.717, 1.165) is 6.61 Å². The second kappa shape index (κ2) is 3.93. The van der Waals surface area contributed by atoms with Crippen LogP contribution in [0.3, 0.4) is 0 Å². The van der Waals surface area contributed by atoms with Crippen molar-refractivity contribution < 1.29 is 14.2 Å². The van der Waals surface area contributed by atoms with Crippen molar-refractivity contribution in [2.45, 2.75) is 0 Å². The molecule has 0 heterocycles. The van der Waals surface area contributed by atoms with Crippen molar-refractivity contribution in [3.8, 4) is 5.75 Å². The number of benzene rings is 1. The van der Waals surface area contributed by atoms with Gasteiger partial charge >= 0.3 is 0 Å². The van der Waals surface area contributed by atoms with Crippen LogP contribution in [-0.2, 0) is 0 Å². The topological polar surface area (TPSA) is 29.5 Å². The summed E-state index contributed by atoms with van der Waals surface area (Å²) in [5.41, 5.74) is 0. The van der Waals surface area contributed by atoms with Crippen LogP contribution in [0.25, 0.3) is 0 Å². The molecule has 59 valence electrons. The summed E-state index contributed by atoms with van der Waals surface area (Å²) >= 11 is 0. The van der Waals surface area contributed by atoms with E-state index >= 15 is 0 Å². The maximum absolute atomic E-state index is 12.3. The highest BCUT2D eigenvalue weighted by atomic mass is 19.1. The Kier molecular flexibility index (Phi) is 2.86. The van der Waals surface area contributed by atoms with E-state index < -0.39 is 0 Å². The first-order chi connectivity index (χ1) is 5.33. The van der Waals surface area contributed by atoms with Gasteiger partial charge in [-0.05, 0) is 24.3 Å². The summed E-state index contributed by atoms with van der Waals surface area (Å²) in [6, 6.07) is 5.59. The molecule has 0 bridgehead atoms. The lowest BCUT2D eigenvalue weighted by Gasteiger charge is -2.01. The van der Waals surface area contributed by atoms with E-state index in [1.807, 2.05) is 0 Å². The molecule has 0 saturated carbocycles. The van der Waals surface area contributed by atoms with Gasteiger partial charge in [-0.2, -0.15) is 0 Å². The van der Waals surface area contributed by atoms with Crippen LogP contribution < -0.4 is 4.74 Å².